The fraction of sp³-hybridized carbons (Fsp3) is 0.118. The number of nitrogens with one attached hydrogen (secondary N) is 2. The van der Waals surface area contributed by atoms with Crippen LogP contribution in [-0.2, 0) is 9.59 Å². The molecule has 1 aliphatic rings. The van der Waals surface area contributed by atoms with Crippen molar-refractivity contribution in [2.45, 2.75) is 12.0 Å². The van der Waals surface area contributed by atoms with Crippen molar-refractivity contribution in [1.82, 2.24) is 5.32 Å². The Morgan fingerprint density at radius 3 is 2.43 bits per heavy atom. The molecular weight excluding hydrogens is 314 g/mol. The summed E-state index contributed by atoms with van der Waals surface area (Å²) >= 11 is 6.27. The van der Waals surface area contributed by atoms with Crippen LogP contribution in [0.2, 0.25) is 5.02 Å². The molecule has 1 aromatic carbocycles. The van der Waals surface area contributed by atoms with Gasteiger partial charge in [-0.2, -0.15) is 4.57 Å². The van der Waals surface area contributed by atoms with E-state index in [0.29, 0.717) is 10.6 Å². The van der Waals surface area contributed by atoms with Crippen LogP contribution < -0.4 is 9.88 Å². The number of carbonyl (C=O) groups excluding carboxylic acids is 2. The average molecular weight is 327 g/mol. The van der Waals surface area contributed by atoms with E-state index in [9.17, 15) is 9.59 Å². The number of halogens is 1. The van der Waals surface area contributed by atoms with Gasteiger partial charge in [-0.15, -0.1) is 0 Å². The van der Waals surface area contributed by atoms with Crippen molar-refractivity contribution in [2.24, 2.45) is 0 Å². The predicted molar refractivity (Wildman–Crippen MR) is 84.3 cm³/mol. The second-order valence-corrected chi connectivity index (χ2v) is 5.53. The molecule has 0 bridgehead atoms. The van der Waals surface area contributed by atoms with Crippen LogP contribution in [0.3, 0.4) is 0 Å². The normalized spacial score (nSPS) is 20.8. The van der Waals surface area contributed by atoms with Crippen LogP contribution in [0.5, 0.6) is 0 Å². The lowest BCUT2D eigenvalue weighted by Crippen LogP contribution is -2.57. The Balaban J connectivity index is 2.22. The highest BCUT2D eigenvalue weighted by Crippen LogP contribution is 2.37. The Hall–Kier alpha value is -2.75. The molecule has 5 nitrogen and oxygen atoms in total. The van der Waals surface area contributed by atoms with Crippen LogP contribution in [0.1, 0.15) is 17.5 Å². The third-order valence-corrected chi connectivity index (χ3v) is 4.16. The lowest BCUT2D eigenvalue weighted by atomic mass is 9.81. The summed E-state index contributed by atoms with van der Waals surface area (Å²) in [5, 5.41) is 10.2. The molecule has 2 aromatic rings. The second-order valence-electron chi connectivity index (χ2n) is 5.12. The van der Waals surface area contributed by atoms with E-state index in [4.69, 9.17) is 17.0 Å². The van der Waals surface area contributed by atoms with E-state index in [2.05, 4.69) is 11.2 Å². The summed E-state index contributed by atoms with van der Waals surface area (Å²) in [5.74, 6) is 0.465. The SMILES string of the molecule is N=C=C1C(=O)NC(=O)[C@H]([n+]2ccccc2)[C@@H]1c1ccccc1Cl. The number of aromatic nitrogens is 1. The zero-order chi connectivity index (χ0) is 16.4. The highest BCUT2D eigenvalue weighted by Gasteiger charge is 2.47. The van der Waals surface area contributed by atoms with E-state index in [1.54, 1.807) is 53.4 Å². The molecule has 0 spiro atoms. The quantitative estimate of drug-likeness (QED) is 0.382. The Kier molecular flexibility index (Phi) is 4.06. The van der Waals surface area contributed by atoms with Gasteiger partial charge in [-0.3, -0.25) is 20.3 Å². The van der Waals surface area contributed by atoms with Gasteiger partial charge < -0.3 is 0 Å². The van der Waals surface area contributed by atoms with Gasteiger partial charge >= 0.3 is 0 Å². The molecule has 1 saturated heterocycles. The van der Waals surface area contributed by atoms with Gasteiger partial charge in [0, 0.05) is 17.2 Å². The first-order valence-corrected chi connectivity index (χ1v) is 7.36. The largest absolute Gasteiger partial charge is 0.296 e. The third-order valence-electron chi connectivity index (χ3n) is 3.81. The smallest absolute Gasteiger partial charge is 0.286 e. The summed E-state index contributed by atoms with van der Waals surface area (Å²) in [6.07, 6.45) is 3.48. The molecule has 1 fully saturated rings. The van der Waals surface area contributed by atoms with Gasteiger partial charge in [0.2, 0.25) is 6.04 Å². The van der Waals surface area contributed by atoms with Gasteiger partial charge in [-0.05, 0) is 17.5 Å². The van der Waals surface area contributed by atoms with E-state index in [0.717, 1.165) is 0 Å². The van der Waals surface area contributed by atoms with Gasteiger partial charge in [0.05, 0.1) is 11.5 Å². The summed E-state index contributed by atoms with van der Waals surface area (Å²) in [5.41, 5.74) is 0.701. The molecule has 1 aliphatic heterocycles. The molecule has 6 heteroatoms. The molecule has 0 aliphatic carbocycles. The maximum absolute atomic E-state index is 12.5. The predicted octanol–water partition coefficient (Wildman–Crippen LogP) is 1.78. The zero-order valence-corrected chi connectivity index (χ0v) is 12.7. The monoisotopic (exact) mass is 326 g/mol. The number of nitrogens with zero attached hydrogens (tertiary/aromatic N) is 1. The summed E-state index contributed by atoms with van der Waals surface area (Å²) in [7, 11) is 0. The number of amides is 2. The summed E-state index contributed by atoms with van der Waals surface area (Å²) < 4.78 is 1.70. The molecule has 2 amide bonds. The summed E-state index contributed by atoms with van der Waals surface area (Å²) in [6, 6.07) is 11.7. The van der Waals surface area contributed by atoms with Gasteiger partial charge in [0.1, 0.15) is 0 Å². The van der Waals surface area contributed by atoms with E-state index in [1.165, 1.54) is 0 Å². The maximum Gasteiger partial charge on any atom is 0.296 e. The Morgan fingerprint density at radius 2 is 1.78 bits per heavy atom. The minimum absolute atomic E-state index is 0.0825. The molecule has 114 valence electrons. The lowest BCUT2D eigenvalue weighted by molar-refractivity contribution is -0.711. The van der Waals surface area contributed by atoms with Crippen molar-refractivity contribution in [3.63, 3.8) is 0 Å². The number of piperidine rings is 1. The average Bonchev–Trinajstić information content (AvgIpc) is 2.55. The van der Waals surface area contributed by atoms with Gasteiger partial charge in [0.15, 0.2) is 12.4 Å². The fourth-order valence-electron chi connectivity index (χ4n) is 2.80. The molecule has 1 aromatic heterocycles. The minimum Gasteiger partial charge on any atom is -0.286 e. The standard InChI is InChI=1S/C17H12ClN3O2/c18-13-7-3-2-6-11(13)14-12(10-19)16(22)20-17(23)15(14)21-8-4-1-5-9-21/h1-9,14-15,19H/p+1/t14-,15-/m1/s1. The highest BCUT2D eigenvalue weighted by atomic mass is 35.5. The molecule has 2 heterocycles. The number of hydrogen-bond donors (Lipinski definition) is 2. The summed E-state index contributed by atoms with van der Waals surface area (Å²) in [6.45, 7) is 0. The first-order chi connectivity index (χ1) is 11.1. The fourth-order valence-corrected chi connectivity index (χ4v) is 3.05. The van der Waals surface area contributed by atoms with Crippen LogP contribution >= 0.6 is 11.6 Å². The van der Waals surface area contributed by atoms with Crippen LogP contribution in [0.4, 0.5) is 0 Å². The first-order valence-electron chi connectivity index (χ1n) is 6.98. The molecule has 2 atom stereocenters. The topological polar surface area (TPSA) is 73.9 Å². The molecule has 0 saturated carbocycles. The maximum atomic E-state index is 12.5. The summed E-state index contributed by atoms with van der Waals surface area (Å²) in [4.78, 5) is 24.6. The van der Waals surface area contributed by atoms with E-state index in [1.807, 2.05) is 6.07 Å². The van der Waals surface area contributed by atoms with Gasteiger partial charge in [0.25, 0.3) is 11.8 Å². The number of pyridine rings is 1. The van der Waals surface area contributed by atoms with Crippen LogP contribution in [-0.4, -0.2) is 17.7 Å². The number of carbonyl (C=O) groups is 2. The van der Waals surface area contributed by atoms with Gasteiger partial charge in [-0.1, -0.05) is 35.9 Å². The lowest BCUT2D eigenvalue weighted by Gasteiger charge is -2.27. The van der Waals surface area contributed by atoms with E-state index >= 15 is 0 Å². The van der Waals surface area contributed by atoms with Crippen LogP contribution in [0.15, 0.2) is 60.4 Å². The van der Waals surface area contributed by atoms with E-state index < -0.39 is 23.8 Å². The van der Waals surface area contributed by atoms with Crippen molar-refractivity contribution < 1.29 is 14.2 Å². The number of benzene rings is 1. The number of rotatable bonds is 2. The Bertz CT molecular complexity index is 829. The Morgan fingerprint density at radius 1 is 1.09 bits per heavy atom. The van der Waals surface area contributed by atoms with Gasteiger partial charge in [-0.25, -0.2) is 0 Å². The van der Waals surface area contributed by atoms with Crippen molar-refractivity contribution >= 4 is 29.3 Å². The van der Waals surface area contributed by atoms with Crippen molar-refractivity contribution in [2.75, 3.05) is 0 Å². The molecular formula is C17H13ClN3O2+. The van der Waals surface area contributed by atoms with Crippen molar-refractivity contribution in [3.05, 3.63) is 71.0 Å². The molecule has 0 radical (unpaired) electrons. The molecule has 2 N–H and O–H groups in total. The van der Waals surface area contributed by atoms with Crippen LogP contribution in [0, 0.1) is 5.41 Å². The second kappa shape index (κ2) is 6.16. The number of hydrogen-bond acceptors (Lipinski definition) is 3. The molecule has 3 rings (SSSR count). The highest BCUT2D eigenvalue weighted by molar-refractivity contribution is 6.31. The Labute approximate surface area is 137 Å². The van der Waals surface area contributed by atoms with Crippen molar-refractivity contribution in [3.8, 4) is 0 Å². The minimum atomic E-state index is -0.721. The molecule has 0 unspecified atom stereocenters. The number of imide groups is 1. The third kappa shape index (κ3) is 2.68. The van der Waals surface area contributed by atoms with E-state index in [-0.39, 0.29) is 5.57 Å². The first kappa shape index (κ1) is 15.2. The zero-order valence-electron chi connectivity index (χ0n) is 12.0. The van der Waals surface area contributed by atoms with Crippen LogP contribution in [0.25, 0.3) is 0 Å². The van der Waals surface area contributed by atoms with Crippen molar-refractivity contribution in [1.29, 1.82) is 5.41 Å². The molecule has 23 heavy (non-hydrogen) atoms.